The van der Waals surface area contributed by atoms with Crippen molar-refractivity contribution in [2.24, 2.45) is 0 Å². The molecule has 0 atom stereocenters. The Bertz CT molecular complexity index is 968. The topological polar surface area (TPSA) is 66.9 Å². The quantitative estimate of drug-likeness (QED) is 0.645. The Morgan fingerprint density at radius 3 is 2.46 bits per heavy atom. The van der Waals surface area contributed by atoms with Crippen LogP contribution in [0.15, 0.2) is 54.6 Å². The predicted molar refractivity (Wildman–Crippen MR) is 113 cm³/mol. The minimum Gasteiger partial charge on any atom is -0.347 e. The number of rotatable bonds is 6. The summed E-state index contributed by atoms with van der Waals surface area (Å²) in [5.74, 6) is 1.33. The van der Waals surface area contributed by atoms with Gasteiger partial charge in [-0.1, -0.05) is 62.4 Å². The lowest BCUT2D eigenvalue weighted by Crippen LogP contribution is -2.24. The number of nitrogens with one attached hydrogen (secondary N) is 2. The van der Waals surface area contributed by atoms with Gasteiger partial charge in [-0.05, 0) is 36.5 Å². The van der Waals surface area contributed by atoms with Crippen molar-refractivity contribution in [3.8, 4) is 0 Å². The number of nitrogens with zero attached hydrogens (tertiary/aromatic N) is 2. The van der Waals surface area contributed by atoms with E-state index in [2.05, 4.69) is 59.6 Å². The van der Waals surface area contributed by atoms with Gasteiger partial charge < -0.3 is 10.6 Å². The van der Waals surface area contributed by atoms with E-state index in [0.29, 0.717) is 29.8 Å². The minimum absolute atomic E-state index is 0.216. The van der Waals surface area contributed by atoms with Crippen molar-refractivity contribution < 1.29 is 4.79 Å². The summed E-state index contributed by atoms with van der Waals surface area (Å²) in [6.45, 7) is 8.64. The van der Waals surface area contributed by atoms with Gasteiger partial charge in [0.15, 0.2) is 0 Å². The van der Waals surface area contributed by atoms with E-state index in [0.717, 1.165) is 16.8 Å². The largest absolute Gasteiger partial charge is 0.347 e. The molecule has 0 aliphatic heterocycles. The highest BCUT2D eigenvalue weighted by Gasteiger charge is 2.13. The zero-order valence-corrected chi connectivity index (χ0v) is 16.8. The van der Waals surface area contributed by atoms with Gasteiger partial charge in [-0.15, -0.1) is 0 Å². The molecule has 0 aliphatic rings. The van der Waals surface area contributed by atoms with Gasteiger partial charge in [0.2, 0.25) is 0 Å². The fourth-order valence-corrected chi connectivity index (χ4v) is 3.09. The first kappa shape index (κ1) is 19.5. The highest BCUT2D eigenvalue weighted by Crippen LogP contribution is 2.29. The third-order valence-corrected chi connectivity index (χ3v) is 4.55. The van der Waals surface area contributed by atoms with Gasteiger partial charge in [-0.25, -0.2) is 9.97 Å². The Morgan fingerprint density at radius 2 is 1.75 bits per heavy atom. The molecule has 5 heteroatoms. The molecule has 0 fully saturated rings. The van der Waals surface area contributed by atoms with Crippen LogP contribution in [0.25, 0.3) is 0 Å². The number of aryl methyl sites for hydroxylation is 2. The van der Waals surface area contributed by atoms with Gasteiger partial charge in [0.05, 0.1) is 0 Å². The van der Waals surface area contributed by atoms with E-state index in [-0.39, 0.29) is 5.91 Å². The van der Waals surface area contributed by atoms with E-state index in [4.69, 9.17) is 0 Å². The van der Waals surface area contributed by atoms with Gasteiger partial charge in [-0.2, -0.15) is 0 Å². The number of benzene rings is 2. The van der Waals surface area contributed by atoms with Crippen molar-refractivity contribution in [1.82, 2.24) is 15.3 Å². The van der Waals surface area contributed by atoms with Crippen LogP contribution in [0.1, 0.15) is 52.8 Å². The summed E-state index contributed by atoms with van der Waals surface area (Å²) in [4.78, 5) is 21.4. The van der Waals surface area contributed by atoms with Crippen LogP contribution in [0.4, 0.5) is 11.5 Å². The molecular formula is C23H26N4O. The summed E-state index contributed by atoms with van der Waals surface area (Å²) in [5, 5.41) is 6.32. The molecule has 1 heterocycles. The second kappa shape index (κ2) is 8.65. The van der Waals surface area contributed by atoms with Gasteiger partial charge in [0, 0.05) is 18.3 Å². The Kier molecular flexibility index (Phi) is 6.04. The third-order valence-electron chi connectivity index (χ3n) is 4.55. The second-order valence-corrected chi connectivity index (χ2v) is 7.17. The molecule has 3 aromatic rings. The van der Waals surface area contributed by atoms with Crippen LogP contribution in [0.5, 0.6) is 0 Å². The van der Waals surface area contributed by atoms with Crippen LogP contribution in [0.3, 0.4) is 0 Å². The molecule has 0 bridgehead atoms. The number of carbonyl (C=O) groups excluding carboxylic acids is 1. The lowest BCUT2D eigenvalue weighted by molar-refractivity contribution is 0.0945. The summed E-state index contributed by atoms with van der Waals surface area (Å²) >= 11 is 0. The Hall–Kier alpha value is -3.21. The van der Waals surface area contributed by atoms with Crippen molar-refractivity contribution in [3.63, 3.8) is 0 Å². The molecule has 0 aliphatic carbocycles. The summed E-state index contributed by atoms with van der Waals surface area (Å²) in [6, 6.07) is 17.7. The van der Waals surface area contributed by atoms with E-state index < -0.39 is 0 Å². The van der Waals surface area contributed by atoms with E-state index >= 15 is 0 Å². The molecule has 0 spiro atoms. The molecule has 2 aromatic carbocycles. The Morgan fingerprint density at radius 1 is 1.00 bits per heavy atom. The van der Waals surface area contributed by atoms with Gasteiger partial charge in [0.25, 0.3) is 5.91 Å². The first-order chi connectivity index (χ1) is 13.4. The molecule has 1 aromatic heterocycles. The van der Waals surface area contributed by atoms with E-state index in [9.17, 15) is 4.79 Å². The lowest BCUT2D eigenvalue weighted by Gasteiger charge is -2.17. The normalized spacial score (nSPS) is 10.8. The molecule has 0 unspecified atom stereocenters. The number of hydrogen-bond donors (Lipinski definition) is 2. The first-order valence-corrected chi connectivity index (χ1v) is 9.48. The number of anilines is 2. The SMILES string of the molecule is Cc1nc(Nc2c(C)cccc2C(C)C)cc(C(=O)NCc2ccccc2)n1. The number of carbonyl (C=O) groups is 1. The number of para-hydroxylation sites is 1. The highest BCUT2D eigenvalue weighted by atomic mass is 16.1. The average molecular weight is 374 g/mol. The fraction of sp³-hybridized carbons (Fsp3) is 0.261. The maximum absolute atomic E-state index is 12.6. The highest BCUT2D eigenvalue weighted by molar-refractivity contribution is 5.93. The number of aromatic nitrogens is 2. The first-order valence-electron chi connectivity index (χ1n) is 9.48. The molecule has 0 saturated carbocycles. The van der Waals surface area contributed by atoms with E-state index in [1.165, 1.54) is 5.56 Å². The average Bonchev–Trinajstić information content (AvgIpc) is 2.68. The molecular weight excluding hydrogens is 348 g/mol. The monoisotopic (exact) mass is 374 g/mol. The maximum Gasteiger partial charge on any atom is 0.270 e. The lowest BCUT2D eigenvalue weighted by atomic mass is 9.98. The van der Waals surface area contributed by atoms with Crippen molar-refractivity contribution in [2.45, 2.75) is 40.2 Å². The van der Waals surface area contributed by atoms with Crippen LogP contribution in [0.2, 0.25) is 0 Å². The minimum atomic E-state index is -0.216. The van der Waals surface area contributed by atoms with Gasteiger partial charge in [0.1, 0.15) is 17.3 Å². The van der Waals surface area contributed by atoms with Crippen LogP contribution in [0, 0.1) is 13.8 Å². The smallest absolute Gasteiger partial charge is 0.270 e. The summed E-state index contributed by atoms with van der Waals surface area (Å²) < 4.78 is 0. The van der Waals surface area contributed by atoms with Gasteiger partial charge in [-0.3, -0.25) is 4.79 Å². The zero-order valence-electron chi connectivity index (χ0n) is 16.8. The molecule has 1 amide bonds. The molecule has 144 valence electrons. The van der Waals surface area contributed by atoms with E-state index in [1.54, 1.807) is 13.0 Å². The van der Waals surface area contributed by atoms with Crippen LogP contribution in [-0.2, 0) is 6.54 Å². The third kappa shape index (κ3) is 4.74. The molecule has 0 radical (unpaired) electrons. The summed E-state index contributed by atoms with van der Waals surface area (Å²) in [6.07, 6.45) is 0. The van der Waals surface area contributed by atoms with Crippen molar-refractivity contribution >= 4 is 17.4 Å². The van der Waals surface area contributed by atoms with E-state index in [1.807, 2.05) is 30.3 Å². The zero-order chi connectivity index (χ0) is 20.1. The van der Waals surface area contributed by atoms with Crippen LogP contribution >= 0.6 is 0 Å². The summed E-state index contributed by atoms with van der Waals surface area (Å²) in [5.41, 5.74) is 4.78. The summed E-state index contributed by atoms with van der Waals surface area (Å²) in [7, 11) is 0. The Labute approximate surface area is 166 Å². The predicted octanol–water partition coefficient (Wildman–Crippen LogP) is 4.89. The second-order valence-electron chi connectivity index (χ2n) is 7.17. The van der Waals surface area contributed by atoms with Gasteiger partial charge >= 0.3 is 0 Å². The fourth-order valence-electron chi connectivity index (χ4n) is 3.09. The number of amides is 1. The molecule has 5 nitrogen and oxygen atoms in total. The molecule has 2 N–H and O–H groups in total. The number of hydrogen-bond acceptors (Lipinski definition) is 4. The molecule has 28 heavy (non-hydrogen) atoms. The van der Waals surface area contributed by atoms with Crippen molar-refractivity contribution in [1.29, 1.82) is 0 Å². The van der Waals surface area contributed by atoms with Crippen LogP contribution in [-0.4, -0.2) is 15.9 Å². The molecule has 3 rings (SSSR count). The van der Waals surface area contributed by atoms with Crippen molar-refractivity contribution in [2.75, 3.05) is 5.32 Å². The Balaban J connectivity index is 1.81. The van der Waals surface area contributed by atoms with Crippen molar-refractivity contribution in [3.05, 3.63) is 82.8 Å². The maximum atomic E-state index is 12.6. The van der Waals surface area contributed by atoms with Crippen LogP contribution < -0.4 is 10.6 Å². The standard InChI is InChI=1S/C23H26N4O/c1-15(2)19-12-8-9-16(3)22(19)27-21-13-20(25-17(4)26-21)23(28)24-14-18-10-6-5-7-11-18/h5-13,15H,14H2,1-4H3,(H,24,28)(H,25,26,27). The molecule has 0 saturated heterocycles.